The van der Waals surface area contributed by atoms with Crippen molar-refractivity contribution in [1.29, 1.82) is 0 Å². The van der Waals surface area contributed by atoms with E-state index in [4.69, 9.17) is 9.47 Å². The second-order valence-electron chi connectivity index (χ2n) is 6.26. The average Bonchev–Trinajstić information content (AvgIpc) is 2.60. The summed E-state index contributed by atoms with van der Waals surface area (Å²) in [5, 5.41) is 12.2. The van der Waals surface area contributed by atoms with E-state index in [-0.39, 0.29) is 12.3 Å². The van der Waals surface area contributed by atoms with Crippen LogP contribution in [0.5, 0.6) is 5.75 Å². The highest BCUT2D eigenvalue weighted by Gasteiger charge is 2.40. The zero-order valence-corrected chi connectivity index (χ0v) is 14.4. The molecule has 0 bridgehead atoms. The number of ether oxygens (including phenoxy) is 2. The van der Waals surface area contributed by atoms with Crippen LogP contribution in [0.4, 0.5) is 0 Å². The van der Waals surface area contributed by atoms with Crippen LogP contribution < -0.4 is 10.1 Å². The third-order valence-electron chi connectivity index (χ3n) is 4.43. The number of rotatable bonds is 7. The van der Waals surface area contributed by atoms with Gasteiger partial charge in [0.15, 0.2) is 11.9 Å². The van der Waals surface area contributed by atoms with Gasteiger partial charge in [0, 0.05) is 25.3 Å². The molecule has 0 spiro atoms. The van der Waals surface area contributed by atoms with Crippen molar-refractivity contribution in [3.05, 3.63) is 29.8 Å². The van der Waals surface area contributed by atoms with Crippen LogP contribution in [-0.2, 0) is 14.3 Å². The molecule has 1 atom stereocenters. The number of hydrogen-bond acceptors (Lipinski definition) is 5. The summed E-state index contributed by atoms with van der Waals surface area (Å²) in [4.78, 5) is 35.2. The largest absolute Gasteiger partial charge is 0.481 e. The fraction of sp³-hybridized carbons (Fsp3) is 0.500. The molecule has 2 rings (SSSR count). The predicted octanol–water partition coefficient (Wildman–Crippen LogP) is 1.65. The Labute approximate surface area is 146 Å². The molecule has 25 heavy (non-hydrogen) atoms. The Kier molecular flexibility index (Phi) is 6.14. The van der Waals surface area contributed by atoms with Crippen molar-refractivity contribution in [2.24, 2.45) is 5.41 Å². The molecule has 0 radical (unpaired) electrons. The first-order chi connectivity index (χ1) is 11.8. The molecule has 1 unspecified atom stereocenters. The lowest BCUT2D eigenvalue weighted by molar-refractivity contribution is -0.155. The number of amides is 1. The maximum atomic E-state index is 12.2. The summed E-state index contributed by atoms with van der Waals surface area (Å²) in [6.45, 7) is 3.80. The summed E-state index contributed by atoms with van der Waals surface area (Å²) < 4.78 is 10.8. The van der Waals surface area contributed by atoms with E-state index in [2.05, 4.69) is 5.32 Å². The van der Waals surface area contributed by atoms with Crippen LogP contribution in [0.3, 0.4) is 0 Å². The van der Waals surface area contributed by atoms with Crippen LogP contribution in [0, 0.1) is 5.41 Å². The highest BCUT2D eigenvalue weighted by atomic mass is 16.5. The molecule has 1 aromatic rings. The number of carbonyl (C=O) groups is 3. The van der Waals surface area contributed by atoms with E-state index in [1.165, 1.54) is 6.92 Å². The van der Waals surface area contributed by atoms with E-state index >= 15 is 0 Å². The summed E-state index contributed by atoms with van der Waals surface area (Å²) in [7, 11) is 0. The lowest BCUT2D eigenvalue weighted by Crippen LogP contribution is -2.48. The Morgan fingerprint density at radius 1 is 1.32 bits per heavy atom. The zero-order chi connectivity index (χ0) is 18.4. The number of carboxylic acids is 1. The van der Waals surface area contributed by atoms with Crippen molar-refractivity contribution < 1.29 is 29.0 Å². The molecule has 136 valence electrons. The van der Waals surface area contributed by atoms with Gasteiger partial charge in [0.05, 0.1) is 5.41 Å². The molecule has 1 aliphatic heterocycles. The van der Waals surface area contributed by atoms with E-state index in [0.717, 1.165) is 0 Å². The monoisotopic (exact) mass is 349 g/mol. The van der Waals surface area contributed by atoms with Crippen molar-refractivity contribution in [2.75, 3.05) is 19.8 Å². The minimum atomic E-state index is -0.998. The summed E-state index contributed by atoms with van der Waals surface area (Å²) in [6, 6.07) is 6.58. The van der Waals surface area contributed by atoms with Crippen molar-refractivity contribution in [2.45, 2.75) is 32.8 Å². The number of nitrogens with one attached hydrogen (secondary N) is 1. The number of benzene rings is 1. The maximum Gasteiger partial charge on any atom is 0.311 e. The van der Waals surface area contributed by atoms with Crippen molar-refractivity contribution >= 4 is 17.7 Å². The molecule has 7 nitrogen and oxygen atoms in total. The molecule has 7 heteroatoms. The van der Waals surface area contributed by atoms with Gasteiger partial charge in [-0.2, -0.15) is 0 Å². The number of ketones is 1. The predicted molar refractivity (Wildman–Crippen MR) is 89.7 cm³/mol. The molecule has 1 fully saturated rings. The van der Waals surface area contributed by atoms with Crippen LogP contribution in [0.15, 0.2) is 24.3 Å². The van der Waals surface area contributed by atoms with Gasteiger partial charge in [-0.3, -0.25) is 14.4 Å². The first kappa shape index (κ1) is 18.9. The number of Topliss-reactive ketones (excluding diaryl/α,β-unsaturated/α-hetero) is 1. The second-order valence-corrected chi connectivity index (χ2v) is 6.26. The van der Waals surface area contributed by atoms with E-state index < -0.39 is 23.4 Å². The van der Waals surface area contributed by atoms with Crippen molar-refractivity contribution in [3.63, 3.8) is 0 Å². The number of hydrogen-bond donors (Lipinski definition) is 2. The molecule has 0 aromatic heterocycles. The van der Waals surface area contributed by atoms with Gasteiger partial charge < -0.3 is 19.9 Å². The van der Waals surface area contributed by atoms with Crippen LogP contribution in [0.1, 0.15) is 37.0 Å². The van der Waals surface area contributed by atoms with Gasteiger partial charge in [-0.1, -0.05) is 12.1 Å². The average molecular weight is 349 g/mol. The van der Waals surface area contributed by atoms with Crippen LogP contribution in [0.25, 0.3) is 0 Å². The number of carboxylic acid groups (broad SMARTS) is 1. The Hall–Kier alpha value is -2.41. The van der Waals surface area contributed by atoms with Gasteiger partial charge in [0.2, 0.25) is 0 Å². The quantitative estimate of drug-likeness (QED) is 0.726. The van der Waals surface area contributed by atoms with Crippen LogP contribution >= 0.6 is 0 Å². The second kappa shape index (κ2) is 8.11. The molecule has 1 aliphatic rings. The van der Waals surface area contributed by atoms with Gasteiger partial charge in [0.1, 0.15) is 5.75 Å². The summed E-state index contributed by atoms with van der Waals surface area (Å²) in [5.41, 5.74) is -0.500. The summed E-state index contributed by atoms with van der Waals surface area (Å²) in [5.74, 6) is -1.01. The molecular formula is C18H23NO6. The first-order valence-corrected chi connectivity index (χ1v) is 8.20. The molecular weight excluding hydrogens is 326 g/mol. The Bertz CT molecular complexity index is 651. The number of carbonyl (C=O) groups excluding carboxylic acids is 2. The zero-order valence-electron chi connectivity index (χ0n) is 14.4. The minimum Gasteiger partial charge on any atom is -0.481 e. The topological polar surface area (TPSA) is 102 Å². The molecule has 2 N–H and O–H groups in total. The van der Waals surface area contributed by atoms with Gasteiger partial charge in [-0.15, -0.1) is 0 Å². The summed E-state index contributed by atoms with van der Waals surface area (Å²) in [6.07, 6.45) is -0.0929. The molecule has 0 saturated carbocycles. The Balaban J connectivity index is 1.94. The highest BCUT2D eigenvalue weighted by Crippen LogP contribution is 2.30. The van der Waals surface area contributed by atoms with E-state index in [9.17, 15) is 19.5 Å². The van der Waals surface area contributed by atoms with Crippen molar-refractivity contribution in [1.82, 2.24) is 5.32 Å². The lowest BCUT2D eigenvalue weighted by atomic mass is 9.80. The van der Waals surface area contributed by atoms with Gasteiger partial charge in [-0.25, -0.2) is 0 Å². The molecule has 1 aromatic carbocycles. The molecule has 0 aliphatic carbocycles. The van der Waals surface area contributed by atoms with E-state index in [1.807, 2.05) is 0 Å². The first-order valence-electron chi connectivity index (χ1n) is 8.20. The summed E-state index contributed by atoms with van der Waals surface area (Å²) >= 11 is 0. The van der Waals surface area contributed by atoms with Gasteiger partial charge in [-0.05, 0) is 38.8 Å². The third kappa shape index (κ3) is 4.79. The maximum absolute atomic E-state index is 12.2. The fourth-order valence-corrected chi connectivity index (χ4v) is 2.67. The van der Waals surface area contributed by atoms with E-state index in [0.29, 0.717) is 37.4 Å². The Morgan fingerprint density at radius 2 is 2.00 bits per heavy atom. The smallest absolute Gasteiger partial charge is 0.311 e. The van der Waals surface area contributed by atoms with Crippen molar-refractivity contribution in [3.8, 4) is 5.75 Å². The van der Waals surface area contributed by atoms with Crippen LogP contribution in [0.2, 0.25) is 0 Å². The molecule has 1 saturated heterocycles. The van der Waals surface area contributed by atoms with E-state index in [1.54, 1.807) is 31.2 Å². The minimum absolute atomic E-state index is 0.0334. The van der Waals surface area contributed by atoms with Crippen LogP contribution in [-0.4, -0.2) is 48.6 Å². The third-order valence-corrected chi connectivity index (χ3v) is 4.43. The van der Waals surface area contributed by atoms with Gasteiger partial charge in [0.25, 0.3) is 5.91 Å². The standard InChI is InChI=1S/C18H23NO6/c1-12(20)14-4-3-5-15(10-14)25-13(2)16(21)19-11-18(17(22)23)6-8-24-9-7-18/h3-5,10,13H,6-9,11H2,1-2H3,(H,19,21)(H,22,23). The molecule has 1 heterocycles. The number of aliphatic carboxylic acids is 1. The highest BCUT2D eigenvalue weighted by molar-refractivity contribution is 5.94. The Morgan fingerprint density at radius 3 is 2.60 bits per heavy atom. The molecule has 1 amide bonds. The normalized spacial score (nSPS) is 17.4. The fourth-order valence-electron chi connectivity index (χ4n) is 2.67. The SMILES string of the molecule is CC(=O)c1cccc(OC(C)C(=O)NCC2(C(=O)O)CCOCC2)c1. The lowest BCUT2D eigenvalue weighted by Gasteiger charge is -2.33. The van der Waals surface area contributed by atoms with Gasteiger partial charge >= 0.3 is 5.97 Å².